The lowest BCUT2D eigenvalue weighted by Crippen LogP contribution is -2.32. The molecule has 0 aromatic heterocycles. The fraction of sp³-hybridized carbons (Fsp3) is 0.455. The van der Waals surface area contributed by atoms with E-state index >= 15 is 0 Å². The molecular weight excluding hydrogens is 304 g/mol. The number of sulfone groups is 1. The topological polar surface area (TPSA) is 116 Å². The standard InChI is InChI=1S/C11H18N2O5S2/c1-19(14,15)8-6-13-20(16,17)9-7-18-11-4-2-10(12)3-5-11/h2-5,13H,6-9,12H2,1H3. The average molecular weight is 322 g/mol. The van der Waals surface area contributed by atoms with Crippen LogP contribution in [0, 0.1) is 0 Å². The molecule has 0 unspecified atom stereocenters. The minimum absolute atomic E-state index is 0.0296. The third-order valence-electron chi connectivity index (χ3n) is 2.30. The molecule has 0 saturated carbocycles. The molecule has 0 heterocycles. The Morgan fingerprint density at radius 3 is 2.25 bits per heavy atom. The van der Waals surface area contributed by atoms with Crippen molar-refractivity contribution in [1.82, 2.24) is 4.72 Å². The van der Waals surface area contributed by atoms with Crippen LogP contribution in [0.4, 0.5) is 5.69 Å². The number of rotatable bonds is 8. The zero-order valence-electron chi connectivity index (χ0n) is 11.1. The molecule has 20 heavy (non-hydrogen) atoms. The van der Waals surface area contributed by atoms with E-state index in [2.05, 4.69) is 4.72 Å². The van der Waals surface area contributed by atoms with Crippen molar-refractivity contribution in [2.24, 2.45) is 0 Å². The van der Waals surface area contributed by atoms with E-state index in [0.717, 1.165) is 6.26 Å². The van der Waals surface area contributed by atoms with Gasteiger partial charge in [-0.05, 0) is 24.3 Å². The number of hydrogen-bond acceptors (Lipinski definition) is 6. The van der Waals surface area contributed by atoms with Crippen LogP contribution < -0.4 is 15.2 Å². The van der Waals surface area contributed by atoms with E-state index in [1.54, 1.807) is 24.3 Å². The summed E-state index contributed by atoms with van der Waals surface area (Å²) >= 11 is 0. The van der Waals surface area contributed by atoms with Crippen molar-refractivity contribution < 1.29 is 21.6 Å². The molecule has 0 spiro atoms. The zero-order valence-corrected chi connectivity index (χ0v) is 12.7. The first-order valence-corrected chi connectivity index (χ1v) is 9.53. The normalized spacial score (nSPS) is 12.2. The molecule has 1 aromatic carbocycles. The molecule has 9 heteroatoms. The van der Waals surface area contributed by atoms with Gasteiger partial charge in [0.05, 0.1) is 11.5 Å². The first-order chi connectivity index (χ1) is 9.18. The lowest BCUT2D eigenvalue weighted by molar-refractivity contribution is 0.340. The second kappa shape index (κ2) is 6.91. The fourth-order valence-electron chi connectivity index (χ4n) is 1.29. The van der Waals surface area contributed by atoms with Gasteiger partial charge in [0, 0.05) is 18.5 Å². The van der Waals surface area contributed by atoms with Crippen LogP contribution in [0.3, 0.4) is 0 Å². The summed E-state index contributed by atoms with van der Waals surface area (Å²) in [5.41, 5.74) is 6.09. The van der Waals surface area contributed by atoms with E-state index in [1.807, 2.05) is 0 Å². The number of nitrogens with two attached hydrogens (primary N) is 1. The zero-order chi connectivity index (χ0) is 15.2. The molecule has 3 N–H and O–H groups in total. The van der Waals surface area contributed by atoms with Crippen LogP contribution >= 0.6 is 0 Å². The quantitative estimate of drug-likeness (QED) is 0.630. The highest BCUT2D eigenvalue weighted by atomic mass is 32.2. The van der Waals surface area contributed by atoms with E-state index in [4.69, 9.17) is 10.5 Å². The largest absolute Gasteiger partial charge is 0.492 e. The highest BCUT2D eigenvalue weighted by molar-refractivity contribution is 7.91. The Kier molecular flexibility index (Phi) is 5.78. The molecule has 0 amide bonds. The van der Waals surface area contributed by atoms with Crippen LogP contribution in [0.1, 0.15) is 0 Å². The summed E-state index contributed by atoms with van der Waals surface area (Å²) in [4.78, 5) is 0. The number of anilines is 1. The maximum atomic E-state index is 11.6. The van der Waals surface area contributed by atoms with E-state index in [9.17, 15) is 16.8 Å². The van der Waals surface area contributed by atoms with Crippen molar-refractivity contribution >= 4 is 25.5 Å². The molecule has 0 atom stereocenters. The predicted molar refractivity (Wildman–Crippen MR) is 77.8 cm³/mol. The number of hydrogen-bond donors (Lipinski definition) is 2. The minimum Gasteiger partial charge on any atom is -0.492 e. The summed E-state index contributed by atoms with van der Waals surface area (Å²) in [5.74, 6) is 0.0390. The van der Waals surface area contributed by atoms with Crippen LogP contribution in [-0.2, 0) is 19.9 Å². The summed E-state index contributed by atoms with van der Waals surface area (Å²) in [5, 5.41) is 0. The SMILES string of the molecule is CS(=O)(=O)CCNS(=O)(=O)CCOc1ccc(N)cc1. The van der Waals surface area contributed by atoms with Crippen LogP contribution in [0.15, 0.2) is 24.3 Å². The van der Waals surface area contributed by atoms with Gasteiger partial charge in [0.15, 0.2) is 0 Å². The summed E-state index contributed by atoms with van der Waals surface area (Å²) in [6.07, 6.45) is 1.05. The molecule has 0 radical (unpaired) electrons. The van der Waals surface area contributed by atoms with Gasteiger partial charge < -0.3 is 10.5 Å². The molecule has 1 aromatic rings. The van der Waals surface area contributed by atoms with Crippen molar-refractivity contribution in [2.45, 2.75) is 0 Å². The number of benzene rings is 1. The number of nitrogen functional groups attached to an aromatic ring is 1. The first-order valence-electron chi connectivity index (χ1n) is 5.81. The average Bonchev–Trinajstić information content (AvgIpc) is 2.29. The maximum Gasteiger partial charge on any atom is 0.214 e. The lowest BCUT2D eigenvalue weighted by atomic mass is 10.3. The Hall–Kier alpha value is -1.32. The number of ether oxygens (including phenoxy) is 1. The number of sulfonamides is 1. The molecule has 0 aliphatic carbocycles. The summed E-state index contributed by atoms with van der Waals surface area (Å²) in [7, 11) is -6.73. The van der Waals surface area contributed by atoms with Crippen molar-refractivity contribution in [3.05, 3.63) is 24.3 Å². The molecule has 114 valence electrons. The Bertz CT molecular complexity index is 623. The molecule has 0 saturated heterocycles. The highest BCUT2D eigenvalue weighted by Gasteiger charge is 2.11. The van der Waals surface area contributed by atoms with Crippen molar-refractivity contribution in [1.29, 1.82) is 0 Å². The Morgan fingerprint density at radius 1 is 1.10 bits per heavy atom. The molecule has 0 aliphatic rings. The second-order valence-electron chi connectivity index (χ2n) is 4.26. The van der Waals surface area contributed by atoms with Crippen molar-refractivity contribution in [2.75, 3.05) is 36.6 Å². The van der Waals surface area contributed by atoms with E-state index in [-0.39, 0.29) is 24.7 Å². The van der Waals surface area contributed by atoms with Gasteiger partial charge in [-0.2, -0.15) is 0 Å². The smallest absolute Gasteiger partial charge is 0.214 e. The number of nitrogens with one attached hydrogen (secondary N) is 1. The highest BCUT2D eigenvalue weighted by Crippen LogP contribution is 2.12. The van der Waals surface area contributed by atoms with Gasteiger partial charge in [0.25, 0.3) is 0 Å². The van der Waals surface area contributed by atoms with Gasteiger partial charge in [-0.1, -0.05) is 0 Å². The van der Waals surface area contributed by atoms with Crippen molar-refractivity contribution in [3.8, 4) is 5.75 Å². The Labute approximate surface area is 119 Å². The van der Waals surface area contributed by atoms with Crippen LogP contribution in [0.25, 0.3) is 0 Å². The van der Waals surface area contributed by atoms with Crippen LogP contribution in [0.5, 0.6) is 5.75 Å². The van der Waals surface area contributed by atoms with E-state index in [1.165, 1.54) is 0 Å². The summed E-state index contributed by atoms with van der Waals surface area (Å²) in [6.45, 7) is -0.166. The van der Waals surface area contributed by atoms with E-state index in [0.29, 0.717) is 11.4 Å². The Balaban J connectivity index is 2.34. The van der Waals surface area contributed by atoms with Gasteiger partial charge in [0.1, 0.15) is 22.2 Å². The van der Waals surface area contributed by atoms with Gasteiger partial charge >= 0.3 is 0 Å². The summed E-state index contributed by atoms with van der Waals surface area (Å²) in [6, 6.07) is 6.57. The van der Waals surface area contributed by atoms with Crippen LogP contribution in [-0.4, -0.2) is 47.7 Å². The van der Waals surface area contributed by atoms with Gasteiger partial charge in [-0.15, -0.1) is 0 Å². The minimum atomic E-state index is -3.55. The second-order valence-corrected chi connectivity index (χ2v) is 8.45. The molecule has 0 bridgehead atoms. The Morgan fingerprint density at radius 2 is 1.70 bits per heavy atom. The molecule has 1 rings (SSSR count). The lowest BCUT2D eigenvalue weighted by Gasteiger charge is -2.08. The predicted octanol–water partition coefficient (Wildman–Crippen LogP) is -0.388. The van der Waals surface area contributed by atoms with Gasteiger partial charge in [-0.3, -0.25) is 0 Å². The fourth-order valence-corrected chi connectivity index (χ4v) is 2.75. The third-order valence-corrected chi connectivity index (χ3v) is 4.59. The van der Waals surface area contributed by atoms with Gasteiger partial charge in [0.2, 0.25) is 10.0 Å². The van der Waals surface area contributed by atoms with Gasteiger partial charge in [-0.25, -0.2) is 21.6 Å². The van der Waals surface area contributed by atoms with E-state index < -0.39 is 19.9 Å². The van der Waals surface area contributed by atoms with Crippen LogP contribution in [0.2, 0.25) is 0 Å². The monoisotopic (exact) mass is 322 g/mol. The molecule has 0 fully saturated rings. The first kappa shape index (κ1) is 16.7. The molecule has 7 nitrogen and oxygen atoms in total. The maximum absolute atomic E-state index is 11.6. The van der Waals surface area contributed by atoms with Crippen molar-refractivity contribution in [3.63, 3.8) is 0 Å². The molecule has 0 aliphatic heterocycles. The molecular formula is C11H18N2O5S2. The summed E-state index contributed by atoms with van der Waals surface area (Å²) < 4.78 is 52.3. The third kappa shape index (κ3) is 7.31.